The first-order valence-corrected chi connectivity index (χ1v) is 6.63. The van der Waals surface area contributed by atoms with E-state index in [-0.39, 0.29) is 11.5 Å². The summed E-state index contributed by atoms with van der Waals surface area (Å²) in [5, 5.41) is 10.2. The van der Waals surface area contributed by atoms with Gasteiger partial charge in [-0.05, 0) is 42.3 Å². The molecule has 0 radical (unpaired) electrons. The standard InChI is InChI=1S/C17H14FNO2/c1-11-6-7-14(18)8-13(11)10-19-15-5-3-2-4-12(15)9-16(19)17(20)21/h2-9H,10H2,1H3,(H,20,21). The van der Waals surface area contributed by atoms with Crippen molar-refractivity contribution in [1.82, 2.24) is 4.57 Å². The van der Waals surface area contributed by atoms with Crippen molar-refractivity contribution in [3.63, 3.8) is 0 Å². The highest BCUT2D eigenvalue weighted by Crippen LogP contribution is 2.22. The molecular formula is C17H14FNO2. The first-order valence-electron chi connectivity index (χ1n) is 6.63. The molecule has 0 fully saturated rings. The zero-order valence-corrected chi connectivity index (χ0v) is 11.5. The number of rotatable bonds is 3. The fourth-order valence-corrected chi connectivity index (χ4v) is 2.54. The third-order valence-corrected chi connectivity index (χ3v) is 3.67. The van der Waals surface area contributed by atoms with Crippen molar-refractivity contribution in [1.29, 1.82) is 0 Å². The van der Waals surface area contributed by atoms with Crippen LogP contribution < -0.4 is 0 Å². The lowest BCUT2D eigenvalue weighted by atomic mass is 10.1. The lowest BCUT2D eigenvalue weighted by Gasteiger charge is -2.11. The molecule has 3 rings (SSSR count). The van der Waals surface area contributed by atoms with E-state index in [9.17, 15) is 14.3 Å². The molecule has 0 atom stereocenters. The third-order valence-electron chi connectivity index (χ3n) is 3.67. The molecule has 2 aromatic carbocycles. The molecule has 21 heavy (non-hydrogen) atoms. The van der Waals surface area contributed by atoms with Crippen LogP contribution in [-0.4, -0.2) is 15.6 Å². The predicted molar refractivity (Wildman–Crippen MR) is 79.1 cm³/mol. The van der Waals surface area contributed by atoms with E-state index in [1.54, 1.807) is 16.7 Å². The van der Waals surface area contributed by atoms with Crippen molar-refractivity contribution in [3.05, 3.63) is 71.2 Å². The first-order chi connectivity index (χ1) is 10.1. The van der Waals surface area contributed by atoms with Gasteiger partial charge in [0, 0.05) is 17.4 Å². The Balaban J connectivity index is 2.17. The van der Waals surface area contributed by atoms with Gasteiger partial charge in [0.1, 0.15) is 11.5 Å². The number of hydrogen-bond donors (Lipinski definition) is 1. The van der Waals surface area contributed by atoms with Gasteiger partial charge in [-0.2, -0.15) is 0 Å². The van der Waals surface area contributed by atoms with Gasteiger partial charge in [0.25, 0.3) is 0 Å². The van der Waals surface area contributed by atoms with Crippen LogP contribution in [0, 0.1) is 12.7 Å². The summed E-state index contributed by atoms with van der Waals surface area (Å²) < 4.78 is 15.1. The summed E-state index contributed by atoms with van der Waals surface area (Å²) in [5.41, 5.74) is 2.75. The highest BCUT2D eigenvalue weighted by atomic mass is 19.1. The monoisotopic (exact) mass is 283 g/mol. The van der Waals surface area contributed by atoms with E-state index in [0.29, 0.717) is 6.54 Å². The Morgan fingerprint density at radius 3 is 2.71 bits per heavy atom. The van der Waals surface area contributed by atoms with Crippen LogP contribution in [0.4, 0.5) is 4.39 Å². The number of nitrogens with zero attached hydrogens (tertiary/aromatic N) is 1. The fraction of sp³-hybridized carbons (Fsp3) is 0.118. The highest BCUT2D eigenvalue weighted by Gasteiger charge is 2.15. The van der Waals surface area contributed by atoms with E-state index in [1.807, 2.05) is 31.2 Å². The molecule has 0 aliphatic heterocycles. The van der Waals surface area contributed by atoms with Crippen LogP contribution in [0.25, 0.3) is 10.9 Å². The summed E-state index contributed by atoms with van der Waals surface area (Å²) in [7, 11) is 0. The topological polar surface area (TPSA) is 42.2 Å². The second kappa shape index (κ2) is 5.05. The first kappa shape index (κ1) is 13.4. The van der Waals surface area contributed by atoms with Crippen LogP contribution in [0.2, 0.25) is 0 Å². The average molecular weight is 283 g/mol. The Labute approximate surface area is 121 Å². The zero-order chi connectivity index (χ0) is 15.0. The van der Waals surface area contributed by atoms with Crippen molar-refractivity contribution in [3.8, 4) is 0 Å². The van der Waals surface area contributed by atoms with Crippen LogP contribution >= 0.6 is 0 Å². The summed E-state index contributed by atoms with van der Waals surface area (Å²) in [6, 6.07) is 13.7. The summed E-state index contributed by atoms with van der Waals surface area (Å²) in [6.45, 7) is 2.22. The molecule has 1 aromatic heterocycles. The van der Waals surface area contributed by atoms with Gasteiger partial charge in [0.05, 0.1) is 0 Å². The molecule has 0 unspecified atom stereocenters. The molecule has 0 saturated carbocycles. The summed E-state index contributed by atoms with van der Waals surface area (Å²) in [5.74, 6) is -1.30. The van der Waals surface area contributed by atoms with E-state index >= 15 is 0 Å². The van der Waals surface area contributed by atoms with Crippen molar-refractivity contribution in [2.24, 2.45) is 0 Å². The van der Waals surface area contributed by atoms with Crippen LogP contribution in [-0.2, 0) is 6.54 Å². The summed E-state index contributed by atoms with van der Waals surface area (Å²) in [4.78, 5) is 11.4. The molecule has 106 valence electrons. The van der Waals surface area contributed by atoms with Crippen molar-refractivity contribution >= 4 is 16.9 Å². The normalized spacial score (nSPS) is 11.0. The fourth-order valence-electron chi connectivity index (χ4n) is 2.54. The molecule has 0 aliphatic rings. The smallest absolute Gasteiger partial charge is 0.352 e. The van der Waals surface area contributed by atoms with Gasteiger partial charge in [-0.3, -0.25) is 0 Å². The Hall–Kier alpha value is -2.62. The molecule has 1 N–H and O–H groups in total. The quantitative estimate of drug-likeness (QED) is 0.793. The molecule has 0 amide bonds. The van der Waals surface area contributed by atoms with Gasteiger partial charge >= 0.3 is 5.97 Å². The van der Waals surface area contributed by atoms with Crippen molar-refractivity contribution in [2.75, 3.05) is 0 Å². The van der Waals surface area contributed by atoms with E-state index in [4.69, 9.17) is 0 Å². The number of hydrogen-bond acceptors (Lipinski definition) is 1. The highest BCUT2D eigenvalue weighted by molar-refractivity contribution is 5.94. The van der Waals surface area contributed by atoms with Gasteiger partial charge in [-0.15, -0.1) is 0 Å². The van der Waals surface area contributed by atoms with Crippen LogP contribution in [0.5, 0.6) is 0 Å². The second-order valence-corrected chi connectivity index (χ2v) is 5.05. The maximum absolute atomic E-state index is 13.4. The molecule has 0 spiro atoms. The van der Waals surface area contributed by atoms with Crippen molar-refractivity contribution in [2.45, 2.75) is 13.5 Å². The summed E-state index contributed by atoms with van der Waals surface area (Å²) in [6.07, 6.45) is 0. The third kappa shape index (κ3) is 2.40. The molecule has 1 heterocycles. The minimum atomic E-state index is -0.986. The largest absolute Gasteiger partial charge is 0.477 e. The Bertz CT molecular complexity index is 836. The van der Waals surface area contributed by atoms with E-state index in [2.05, 4.69) is 0 Å². The number of aryl methyl sites for hydroxylation is 1. The summed E-state index contributed by atoms with van der Waals surface area (Å²) >= 11 is 0. The molecular weight excluding hydrogens is 269 g/mol. The second-order valence-electron chi connectivity index (χ2n) is 5.05. The number of carbonyl (C=O) groups is 1. The SMILES string of the molecule is Cc1ccc(F)cc1Cn1c(C(=O)O)cc2ccccc21. The van der Waals surface area contributed by atoms with Crippen LogP contribution in [0.1, 0.15) is 21.6 Å². The lowest BCUT2D eigenvalue weighted by molar-refractivity contribution is 0.0686. The number of carboxylic acids is 1. The Morgan fingerprint density at radius 1 is 1.19 bits per heavy atom. The van der Waals surface area contributed by atoms with Crippen molar-refractivity contribution < 1.29 is 14.3 Å². The minimum Gasteiger partial charge on any atom is -0.477 e. The van der Waals surface area contributed by atoms with Gasteiger partial charge in [0.15, 0.2) is 0 Å². The maximum atomic E-state index is 13.4. The number of carboxylic acid groups (broad SMARTS) is 1. The molecule has 0 bridgehead atoms. The van der Waals surface area contributed by atoms with Gasteiger partial charge in [0.2, 0.25) is 0 Å². The number of para-hydroxylation sites is 1. The van der Waals surface area contributed by atoms with E-state index < -0.39 is 5.97 Å². The average Bonchev–Trinajstić information content (AvgIpc) is 2.82. The molecule has 0 saturated heterocycles. The van der Waals surface area contributed by atoms with Crippen LogP contribution in [0.15, 0.2) is 48.5 Å². The zero-order valence-electron chi connectivity index (χ0n) is 11.5. The number of fused-ring (bicyclic) bond motifs is 1. The van der Waals surface area contributed by atoms with Gasteiger partial charge < -0.3 is 9.67 Å². The van der Waals surface area contributed by atoms with E-state index in [0.717, 1.165) is 22.0 Å². The minimum absolute atomic E-state index is 0.208. The number of aromatic carboxylic acids is 1. The predicted octanol–water partition coefficient (Wildman–Crippen LogP) is 3.84. The Kier molecular flexibility index (Phi) is 3.22. The number of benzene rings is 2. The van der Waals surface area contributed by atoms with Crippen LogP contribution in [0.3, 0.4) is 0 Å². The Morgan fingerprint density at radius 2 is 1.95 bits per heavy atom. The molecule has 4 heteroatoms. The van der Waals surface area contributed by atoms with Gasteiger partial charge in [-0.1, -0.05) is 24.3 Å². The molecule has 3 aromatic rings. The molecule has 3 nitrogen and oxygen atoms in total. The van der Waals surface area contributed by atoms with Gasteiger partial charge in [-0.25, -0.2) is 9.18 Å². The lowest BCUT2D eigenvalue weighted by Crippen LogP contribution is -2.10. The number of halogens is 1. The van der Waals surface area contributed by atoms with E-state index in [1.165, 1.54) is 12.1 Å². The maximum Gasteiger partial charge on any atom is 0.352 e. The number of aromatic nitrogens is 1. The molecule has 0 aliphatic carbocycles.